The highest BCUT2D eigenvalue weighted by Crippen LogP contribution is 2.39. The number of nitrogens with zero attached hydrogens (tertiary/aromatic N) is 2. The zero-order valence-corrected chi connectivity index (χ0v) is 30.5. The molecule has 2 heterocycles. The molecule has 15 heteroatoms. The fourth-order valence-electron chi connectivity index (χ4n) is 5.13. The molecule has 1 aromatic heterocycles. The third-order valence-corrected chi connectivity index (χ3v) is 9.29. The minimum atomic E-state index is -5.02. The third-order valence-electron chi connectivity index (χ3n) is 7.26. The van der Waals surface area contributed by atoms with Crippen molar-refractivity contribution < 1.29 is 41.7 Å². The lowest BCUT2D eigenvalue weighted by Crippen LogP contribution is -2.41. The number of benzene rings is 3. The molecule has 0 N–H and O–H groups in total. The lowest BCUT2D eigenvalue weighted by atomic mass is 9.95. The zero-order valence-electron chi connectivity index (χ0n) is 26.8. The number of fused-ring (bicyclic) bond motifs is 1. The molecule has 3 aromatic carbocycles. The number of hydrogen-bond donors (Lipinski definition) is 0. The van der Waals surface area contributed by atoms with Crippen LogP contribution in [0, 0.1) is 3.57 Å². The lowest BCUT2D eigenvalue weighted by molar-refractivity contribution is -0.140. The van der Waals surface area contributed by atoms with E-state index in [2.05, 4.69) is 27.6 Å². The van der Waals surface area contributed by atoms with E-state index in [9.17, 15) is 27.6 Å². The van der Waals surface area contributed by atoms with Crippen molar-refractivity contribution in [2.24, 2.45) is 4.99 Å². The van der Waals surface area contributed by atoms with Crippen LogP contribution in [0.2, 0.25) is 5.02 Å². The molecule has 0 radical (unpaired) electrons. The van der Waals surface area contributed by atoms with Gasteiger partial charge in [0.15, 0.2) is 22.0 Å². The van der Waals surface area contributed by atoms with Crippen LogP contribution in [-0.4, -0.2) is 42.5 Å². The van der Waals surface area contributed by atoms with E-state index in [0.29, 0.717) is 37.8 Å². The van der Waals surface area contributed by atoms with Gasteiger partial charge in [-0.1, -0.05) is 47.2 Å². The van der Waals surface area contributed by atoms with Crippen molar-refractivity contribution in [3.63, 3.8) is 0 Å². The number of hydrogen-bond acceptors (Lipinski definition) is 9. The summed E-state index contributed by atoms with van der Waals surface area (Å²) in [6.07, 6.45) is -3.50. The fourth-order valence-corrected chi connectivity index (χ4v) is 7.04. The molecule has 5 rings (SSSR count). The second-order valence-corrected chi connectivity index (χ2v) is 13.2. The van der Waals surface area contributed by atoms with E-state index >= 15 is 0 Å². The van der Waals surface area contributed by atoms with E-state index in [1.54, 1.807) is 50.2 Å². The molecular weight excluding hydrogens is 812 g/mol. The Morgan fingerprint density at radius 2 is 1.62 bits per heavy atom. The molecule has 0 saturated carbocycles. The average Bonchev–Trinajstić information content (AvgIpc) is 3.38. The molecule has 0 bridgehead atoms. The van der Waals surface area contributed by atoms with Gasteiger partial charge in [0.25, 0.3) is 5.56 Å². The van der Waals surface area contributed by atoms with Gasteiger partial charge in [-0.05, 0) is 103 Å². The van der Waals surface area contributed by atoms with Gasteiger partial charge in [-0.15, -0.1) is 0 Å². The molecule has 9 nitrogen and oxygen atoms in total. The molecule has 0 amide bonds. The van der Waals surface area contributed by atoms with E-state index < -0.39 is 41.0 Å². The number of ether oxygens (including phenoxy) is 4. The van der Waals surface area contributed by atoms with E-state index in [1.807, 2.05) is 0 Å². The van der Waals surface area contributed by atoms with E-state index in [1.165, 1.54) is 37.3 Å². The summed E-state index contributed by atoms with van der Waals surface area (Å²) in [6.45, 7) is 5.53. The Labute approximate surface area is 306 Å². The maximum absolute atomic E-state index is 14.4. The Hall–Kier alpha value is -4.15. The Morgan fingerprint density at radius 3 is 2.24 bits per heavy atom. The summed E-state index contributed by atoms with van der Waals surface area (Å²) in [5, 5.41) is 0.318. The molecular formula is C35H29ClF3IN2O7S. The molecule has 262 valence electrons. The highest BCUT2D eigenvalue weighted by Gasteiger charge is 2.45. The number of alkyl halides is 3. The SMILES string of the molecule is CCOC(=O)C1=C(C(F)(F)F)N=c2s/c(=C\c3cc(I)c(OCc4ccc(C(=O)OCC)cc4)c(OCC)c3)c(=O)n2[C@@H]1c1ccc(Cl)cc1. The van der Waals surface area contributed by atoms with Crippen molar-refractivity contribution in [2.45, 2.75) is 39.6 Å². The van der Waals surface area contributed by atoms with Crippen LogP contribution in [0.5, 0.6) is 11.5 Å². The monoisotopic (exact) mass is 840 g/mol. The maximum atomic E-state index is 14.4. The van der Waals surface area contributed by atoms with Gasteiger partial charge in [0.2, 0.25) is 0 Å². The van der Waals surface area contributed by atoms with Crippen molar-refractivity contribution in [1.82, 2.24) is 4.57 Å². The Bertz CT molecular complexity index is 2130. The molecule has 4 aromatic rings. The van der Waals surface area contributed by atoms with Crippen LogP contribution in [0.15, 0.2) is 81.7 Å². The normalized spacial score (nSPS) is 14.6. The molecule has 1 atom stereocenters. The molecule has 1 aliphatic heterocycles. The quantitative estimate of drug-likeness (QED) is 0.122. The first-order chi connectivity index (χ1) is 23.9. The number of carbonyl (C=O) groups is 2. The number of aromatic nitrogens is 1. The Balaban J connectivity index is 1.57. The molecule has 0 unspecified atom stereocenters. The van der Waals surface area contributed by atoms with Crippen LogP contribution in [0.1, 0.15) is 53.9 Å². The predicted octanol–water partition coefficient (Wildman–Crippen LogP) is 6.75. The number of halogens is 5. The first-order valence-electron chi connectivity index (χ1n) is 15.3. The van der Waals surface area contributed by atoms with Gasteiger partial charge in [0, 0.05) is 5.02 Å². The zero-order chi connectivity index (χ0) is 36.2. The molecule has 50 heavy (non-hydrogen) atoms. The summed E-state index contributed by atoms with van der Waals surface area (Å²) in [5.74, 6) is -0.835. The van der Waals surface area contributed by atoms with Crippen LogP contribution in [-0.2, 0) is 20.9 Å². The Morgan fingerprint density at radius 1 is 0.960 bits per heavy atom. The molecule has 1 aliphatic rings. The summed E-state index contributed by atoms with van der Waals surface area (Å²) in [5.41, 5.74) is -0.959. The van der Waals surface area contributed by atoms with Gasteiger partial charge in [-0.25, -0.2) is 14.6 Å². The van der Waals surface area contributed by atoms with Gasteiger partial charge in [-0.3, -0.25) is 9.36 Å². The lowest BCUT2D eigenvalue weighted by Gasteiger charge is -2.26. The van der Waals surface area contributed by atoms with E-state index in [4.69, 9.17) is 30.5 Å². The van der Waals surface area contributed by atoms with E-state index in [-0.39, 0.29) is 34.7 Å². The number of thiazole rings is 1. The molecule has 0 fully saturated rings. The molecule has 0 aliphatic carbocycles. The van der Waals surface area contributed by atoms with Gasteiger partial charge >= 0.3 is 18.1 Å². The minimum absolute atomic E-state index is 0.0722. The standard InChI is InChI=1S/C35H29ClF3IN2O7S/c1-4-46-25-16-20(15-24(40)29(25)49-18-19-7-9-22(10-8-19)32(44)47-5-2)17-26-31(43)42-28(21-11-13-23(36)14-12-21)27(33(45)48-6-3)30(35(37,38)39)41-34(42)50-26/h7-17,28H,4-6,18H2,1-3H3/b26-17-/t28-/m1/s1. The van der Waals surface area contributed by atoms with Gasteiger partial charge in [0.05, 0.1) is 45.1 Å². The summed E-state index contributed by atoms with van der Waals surface area (Å²) in [4.78, 5) is 42.6. The highest BCUT2D eigenvalue weighted by atomic mass is 127. The number of rotatable bonds is 11. The van der Waals surface area contributed by atoms with Gasteiger partial charge in [-0.2, -0.15) is 13.2 Å². The van der Waals surface area contributed by atoms with Crippen LogP contribution < -0.4 is 24.4 Å². The van der Waals surface area contributed by atoms with Gasteiger partial charge < -0.3 is 18.9 Å². The summed E-state index contributed by atoms with van der Waals surface area (Å²) in [7, 11) is 0. The topological polar surface area (TPSA) is 105 Å². The second-order valence-electron chi connectivity index (χ2n) is 10.6. The summed E-state index contributed by atoms with van der Waals surface area (Å²) < 4.78 is 67.1. The third kappa shape index (κ3) is 8.08. The summed E-state index contributed by atoms with van der Waals surface area (Å²) in [6, 6.07) is 14.5. The predicted molar refractivity (Wildman–Crippen MR) is 189 cm³/mol. The molecule has 0 saturated heterocycles. The average molecular weight is 841 g/mol. The largest absolute Gasteiger partial charge is 0.490 e. The van der Waals surface area contributed by atoms with Crippen molar-refractivity contribution in [2.75, 3.05) is 19.8 Å². The maximum Gasteiger partial charge on any atom is 0.434 e. The molecule has 0 spiro atoms. The van der Waals surface area contributed by atoms with E-state index in [0.717, 1.165) is 21.5 Å². The van der Waals surface area contributed by atoms with Crippen LogP contribution in [0.3, 0.4) is 0 Å². The number of esters is 2. The van der Waals surface area contributed by atoms with Crippen molar-refractivity contribution in [3.8, 4) is 11.5 Å². The van der Waals surface area contributed by atoms with Gasteiger partial charge in [0.1, 0.15) is 6.61 Å². The first-order valence-corrected chi connectivity index (χ1v) is 17.5. The van der Waals surface area contributed by atoms with Crippen molar-refractivity contribution >= 4 is 63.5 Å². The summed E-state index contributed by atoms with van der Waals surface area (Å²) >= 11 is 8.88. The highest BCUT2D eigenvalue weighted by molar-refractivity contribution is 14.1. The van der Waals surface area contributed by atoms with Crippen molar-refractivity contribution in [3.05, 3.63) is 122 Å². The van der Waals surface area contributed by atoms with Crippen LogP contribution in [0.4, 0.5) is 13.2 Å². The second kappa shape index (κ2) is 15.8. The first kappa shape index (κ1) is 37.1. The Kier molecular flexibility index (Phi) is 11.7. The van der Waals surface area contributed by atoms with Crippen LogP contribution in [0.25, 0.3) is 6.08 Å². The minimum Gasteiger partial charge on any atom is -0.490 e. The van der Waals surface area contributed by atoms with Crippen LogP contribution >= 0.6 is 45.5 Å². The number of allylic oxidation sites excluding steroid dienone is 1. The number of carbonyl (C=O) groups excluding carboxylic acids is 2. The smallest absolute Gasteiger partial charge is 0.434 e. The van der Waals surface area contributed by atoms with Crippen molar-refractivity contribution in [1.29, 1.82) is 0 Å². The fraction of sp³-hybridized carbons (Fsp3) is 0.257.